The second kappa shape index (κ2) is 6.21. The summed E-state index contributed by atoms with van der Waals surface area (Å²) in [5.41, 5.74) is 1.38. The summed E-state index contributed by atoms with van der Waals surface area (Å²) in [6, 6.07) is 8.48. The van der Waals surface area contributed by atoms with E-state index in [9.17, 15) is 0 Å². The van der Waals surface area contributed by atoms with Crippen molar-refractivity contribution in [1.82, 2.24) is 4.90 Å². The minimum absolute atomic E-state index is 0.320. The molecule has 0 amide bonds. The van der Waals surface area contributed by atoms with Gasteiger partial charge >= 0.3 is 0 Å². The van der Waals surface area contributed by atoms with E-state index >= 15 is 0 Å². The molecule has 2 rings (SSSR count). The quantitative estimate of drug-likeness (QED) is 0.752. The number of piperidine rings is 1. The smallest absolute Gasteiger partial charge is 0.0337 e. The molecule has 0 bridgehead atoms. The average Bonchev–Trinajstić information content (AvgIpc) is 2.33. The van der Waals surface area contributed by atoms with Crippen molar-refractivity contribution in [2.24, 2.45) is 5.92 Å². The zero-order valence-electron chi connectivity index (χ0n) is 10.2. The van der Waals surface area contributed by atoms with Crippen molar-refractivity contribution >= 4 is 27.5 Å². The Morgan fingerprint density at radius 2 is 2.00 bits per heavy atom. The van der Waals surface area contributed by atoms with Crippen LogP contribution in [-0.4, -0.2) is 23.4 Å². The van der Waals surface area contributed by atoms with Crippen LogP contribution in [0.15, 0.2) is 28.7 Å². The maximum Gasteiger partial charge on any atom is 0.0337 e. The first-order valence-corrected chi connectivity index (χ1v) is 7.49. The van der Waals surface area contributed by atoms with Gasteiger partial charge in [-0.2, -0.15) is 0 Å². The van der Waals surface area contributed by atoms with Gasteiger partial charge in [0.2, 0.25) is 0 Å². The first kappa shape index (κ1) is 13.4. The highest BCUT2D eigenvalue weighted by atomic mass is 79.9. The molecule has 1 aliphatic heterocycles. The van der Waals surface area contributed by atoms with Gasteiger partial charge in [0, 0.05) is 16.4 Å². The molecule has 1 aromatic carbocycles. The highest BCUT2D eigenvalue weighted by molar-refractivity contribution is 9.10. The molecule has 1 saturated heterocycles. The van der Waals surface area contributed by atoms with Crippen molar-refractivity contribution < 1.29 is 0 Å². The normalized spacial score (nSPS) is 20.4. The standard InChI is InChI=1S/C14H19BrClN/c1-11(16)12-6-8-17(9-7-12)10-13-4-2-3-5-14(13)15/h2-5,11-12H,6-10H2,1H3. The van der Waals surface area contributed by atoms with E-state index in [0.717, 1.165) is 6.54 Å². The summed E-state index contributed by atoms with van der Waals surface area (Å²) in [6.45, 7) is 5.51. The summed E-state index contributed by atoms with van der Waals surface area (Å²) in [5.74, 6) is 0.701. The van der Waals surface area contributed by atoms with E-state index in [0.29, 0.717) is 11.3 Å². The molecule has 0 radical (unpaired) electrons. The average molecular weight is 317 g/mol. The summed E-state index contributed by atoms with van der Waals surface area (Å²) in [6.07, 6.45) is 2.46. The van der Waals surface area contributed by atoms with Crippen LogP contribution in [0.2, 0.25) is 0 Å². The molecular formula is C14H19BrClN. The predicted octanol–water partition coefficient (Wildman–Crippen LogP) is 4.29. The Labute approximate surface area is 117 Å². The van der Waals surface area contributed by atoms with Gasteiger partial charge in [-0.3, -0.25) is 4.90 Å². The maximum atomic E-state index is 6.16. The van der Waals surface area contributed by atoms with E-state index in [4.69, 9.17) is 11.6 Å². The van der Waals surface area contributed by atoms with Crippen molar-refractivity contribution in [3.63, 3.8) is 0 Å². The molecule has 1 unspecified atom stereocenters. The maximum absolute atomic E-state index is 6.16. The Kier molecular flexibility index (Phi) is 4.89. The number of alkyl halides is 1. The van der Waals surface area contributed by atoms with Crippen LogP contribution in [0.5, 0.6) is 0 Å². The third-order valence-electron chi connectivity index (χ3n) is 3.63. The monoisotopic (exact) mass is 315 g/mol. The molecule has 1 heterocycles. The summed E-state index contributed by atoms with van der Waals surface area (Å²) < 4.78 is 1.22. The highest BCUT2D eigenvalue weighted by Crippen LogP contribution is 2.26. The van der Waals surface area contributed by atoms with Crippen molar-refractivity contribution in [3.05, 3.63) is 34.3 Å². The minimum atomic E-state index is 0.320. The van der Waals surface area contributed by atoms with Gasteiger partial charge in [0.15, 0.2) is 0 Å². The van der Waals surface area contributed by atoms with Gasteiger partial charge in [-0.25, -0.2) is 0 Å². The lowest BCUT2D eigenvalue weighted by atomic mass is 9.94. The van der Waals surface area contributed by atoms with E-state index in [-0.39, 0.29) is 0 Å². The van der Waals surface area contributed by atoms with Gasteiger partial charge < -0.3 is 0 Å². The molecule has 1 atom stereocenters. The van der Waals surface area contributed by atoms with Crippen LogP contribution in [0, 0.1) is 5.92 Å². The summed E-state index contributed by atoms with van der Waals surface area (Å²) in [5, 5.41) is 0.320. The Balaban J connectivity index is 1.88. The molecular weight excluding hydrogens is 298 g/mol. The molecule has 0 aliphatic carbocycles. The molecule has 3 heteroatoms. The van der Waals surface area contributed by atoms with Crippen LogP contribution in [-0.2, 0) is 6.54 Å². The van der Waals surface area contributed by atoms with Crippen molar-refractivity contribution in [2.45, 2.75) is 31.7 Å². The van der Waals surface area contributed by atoms with E-state index in [1.165, 1.54) is 36.0 Å². The minimum Gasteiger partial charge on any atom is -0.299 e. The second-order valence-electron chi connectivity index (χ2n) is 4.88. The van der Waals surface area contributed by atoms with Gasteiger partial charge in [-0.05, 0) is 50.4 Å². The Morgan fingerprint density at radius 3 is 2.59 bits per heavy atom. The van der Waals surface area contributed by atoms with E-state index in [1.807, 2.05) is 0 Å². The summed E-state index contributed by atoms with van der Waals surface area (Å²) in [4.78, 5) is 2.52. The molecule has 1 aliphatic rings. The third kappa shape index (κ3) is 3.70. The molecule has 1 fully saturated rings. The molecule has 1 nitrogen and oxygen atoms in total. The zero-order valence-corrected chi connectivity index (χ0v) is 12.5. The topological polar surface area (TPSA) is 3.24 Å². The fourth-order valence-corrected chi connectivity index (χ4v) is 3.10. The number of benzene rings is 1. The SMILES string of the molecule is CC(Cl)C1CCN(Cc2ccccc2Br)CC1. The van der Waals surface area contributed by atoms with Crippen LogP contribution in [0.25, 0.3) is 0 Å². The summed E-state index contributed by atoms with van der Waals surface area (Å²) >= 11 is 9.77. The largest absolute Gasteiger partial charge is 0.299 e. The van der Waals surface area contributed by atoms with E-state index < -0.39 is 0 Å². The number of nitrogens with zero attached hydrogens (tertiary/aromatic N) is 1. The van der Waals surface area contributed by atoms with Crippen molar-refractivity contribution in [2.75, 3.05) is 13.1 Å². The van der Waals surface area contributed by atoms with Crippen LogP contribution >= 0.6 is 27.5 Å². The number of rotatable bonds is 3. The van der Waals surface area contributed by atoms with Crippen LogP contribution in [0.1, 0.15) is 25.3 Å². The number of hydrogen-bond acceptors (Lipinski definition) is 1. The molecule has 0 N–H and O–H groups in total. The predicted molar refractivity (Wildman–Crippen MR) is 77.5 cm³/mol. The first-order valence-electron chi connectivity index (χ1n) is 6.26. The van der Waals surface area contributed by atoms with Crippen LogP contribution in [0.3, 0.4) is 0 Å². The second-order valence-corrected chi connectivity index (χ2v) is 6.43. The number of likely N-dealkylation sites (tertiary alicyclic amines) is 1. The van der Waals surface area contributed by atoms with Gasteiger partial charge in [-0.1, -0.05) is 34.1 Å². The number of hydrogen-bond donors (Lipinski definition) is 0. The fourth-order valence-electron chi connectivity index (χ4n) is 2.44. The third-order valence-corrected chi connectivity index (χ3v) is 4.76. The first-order chi connectivity index (χ1) is 8.16. The van der Waals surface area contributed by atoms with Crippen molar-refractivity contribution in [1.29, 1.82) is 0 Å². The van der Waals surface area contributed by atoms with Gasteiger partial charge in [-0.15, -0.1) is 11.6 Å². The number of halogens is 2. The Bertz CT molecular complexity index is 359. The lowest BCUT2D eigenvalue weighted by Gasteiger charge is -2.33. The van der Waals surface area contributed by atoms with Gasteiger partial charge in [0.25, 0.3) is 0 Å². The highest BCUT2D eigenvalue weighted by Gasteiger charge is 2.22. The van der Waals surface area contributed by atoms with Gasteiger partial charge in [0.1, 0.15) is 0 Å². The molecule has 17 heavy (non-hydrogen) atoms. The summed E-state index contributed by atoms with van der Waals surface area (Å²) in [7, 11) is 0. The molecule has 1 aromatic rings. The Morgan fingerprint density at radius 1 is 1.35 bits per heavy atom. The van der Waals surface area contributed by atoms with Gasteiger partial charge in [0.05, 0.1) is 0 Å². The fraction of sp³-hybridized carbons (Fsp3) is 0.571. The molecule has 94 valence electrons. The lowest BCUT2D eigenvalue weighted by molar-refractivity contribution is 0.176. The molecule has 0 spiro atoms. The molecule has 0 aromatic heterocycles. The lowest BCUT2D eigenvalue weighted by Crippen LogP contribution is -2.35. The van der Waals surface area contributed by atoms with E-state index in [1.54, 1.807) is 0 Å². The van der Waals surface area contributed by atoms with Crippen LogP contribution in [0.4, 0.5) is 0 Å². The molecule has 0 saturated carbocycles. The Hall–Kier alpha value is -0.0500. The van der Waals surface area contributed by atoms with Crippen LogP contribution < -0.4 is 0 Å². The van der Waals surface area contributed by atoms with Crippen molar-refractivity contribution in [3.8, 4) is 0 Å². The van der Waals surface area contributed by atoms with E-state index in [2.05, 4.69) is 52.0 Å². The zero-order chi connectivity index (χ0) is 12.3.